The maximum atomic E-state index is 4.81. The first-order valence-electron chi connectivity index (χ1n) is 5.85. The van der Waals surface area contributed by atoms with Crippen LogP contribution in [0.3, 0.4) is 0 Å². The second-order valence-electron chi connectivity index (χ2n) is 5.62. The van der Waals surface area contributed by atoms with Gasteiger partial charge in [-0.3, -0.25) is 0 Å². The van der Waals surface area contributed by atoms with Gasteiger partial charge < -0.3 is 4.66 Å². The zero-order valence-corrected chi connectivity index (χ0v) is 11.9. The highest BCUT2D eigenvalue weighted by atomic mass is 28.3. The summed E-state index contributed by atoms with van der Waals surface area (Å²) in [6.07, 6.45) is 7.28. The lowest BCUT2D eigenvalue weighted by Gasteiger charge is -2.32. The van der Waals surface area contributed by atoms with Crippen LogP contribution in [0, 0.1) is 0 Å². The summed E-state index contributed by atoms with van der Waals surface area (Å²) in [4.78, 5) is 0. The minimum Gasteiger partial charge on any atom is -0.333 e. The van der Waals surface area contributed by atoms with Gasteiger partial charge in [0.15, 0.2) is 8.24 Å². The molecule has 0 saturated carbocycles. The summed E-state index contributed by atoms with van der Waals surface area (Å²) in [6.45, 7) is 13.9. The van der Waals surface area contributed by atoms with Gasteiger partial charge in [0.2, 0.25) is 0 Å². The molecule has 0 radical (unpaired) electrons. The summed E-state index contributed by atoms with van der Waals surface area (Å²) in [6, 6.07) is 0. The van der Waals surface area contributed by atoms with Crippen LogP contribution in [0.5, 0.6) is 0 Å². The van der Waals surface area contributed by atoms with Gasteiger partial charge in [-0.2, -0.15) is 0 Å². The van der Waals surface area contributed by atoms with Crippen LogP contribution < -0.4 is 0 Å². The maximum Gasteiger partial charge on any atom is 0.179 e. The normalized spacial score (nSPS) is 13.9. The summed E-state index contributed by atoms with van der Waals surface area (Å²) < 4.78 is 4.81. The van der Waals surface area contributed by atoms with E-state index in [0.29, 0.717) is 5.04 Å². The quantitative estimate of drug-likeness (QED) is 0.358. The smallest absolute Gasteiger partial charge is 0.179 e. The van der Waals surface area contributed by atoms with Crippen LogP contribution in [0.1, 0.15) is 53.4 Å². The molecule has 0 aliphatic carbocycles. The van der Waals surface area contributed by atoms with Crippen LogP contribution in [0.4, 0.5) is 0 Å². The van der Waals surface area contributed by atoms with Gasteiger partial charge in [-0.05, 0) is 37.2 Å². The van der Waals surface area contributed by atoms with E-state index in [1.807, 2.05) is 0 Å². The average molecular weight is 213 g/mol. The van der Waals surface area contributed by atoms with Crippen molar-refractivity contribution in [2.24, 2.45) is 4.66 Å². The third-order valence-corrected chi connectivity index (χ3v) is 7.69. The van der Waals surface area contributed by atoms with Crippen molar-refractivity contribution < 1.29 is 0 Å². The predicted octanol–water partition coefficient (Wildman–Crippen LogP) is 4.64. The van der Waals surface area contributed by atoms with E-state index in [1.165, 1.54) is 25.7 Å². The lowest BCUT2D eigenvalue weighted by molar-refractivity contribution is 0.717. The Balaban J connectivity index is 3.97. The van der Waals surface area contributed by atoms with Crippen LogP contribution in [-0.4, -0.2) is 14.5 Å². The molecule has 2 heteroatoms. The number of hydrogen-bond acceptors (Lipinski definition) is 1. The Labute approximate surface area is 91.1 Å². The molecule has 0 unspecified atom stereocenters. The zero-order valence-electron chi connectivity index (χ0n) is 10.9. The summed E-state index contributed by atoms with van der Waals surface area (Å²) in [7, 11) is -1.40. The monoisotopic (exact) mass is 213 g/mol. The third kappa shape index (κ3) is 4.94. The maximum absolute atomic E-state index is 4.81. The van der Waals surface area contributed by atoms with E-state index in [1.54, 1.807) is 0 Å². The van der Waals surface area contributed by atoms with Crippen LogP contribution in [-0.2, 0) is 0 Å². The van der Waals surface area contributed by atoms with Crippen molar-refractivity contribution in [2.45, 2.75) is 71.5 Å². The highest BCUT2D eigenvalue weighted by molar-refractivity contribution is 6.79. The molecule has 0 bridgehead atoms. The topological polar surface area (TPSA) is 12.4 Å². The summed E-state index contributed by atoms with van der Waals surface area (Å²) in [5.41, 5.74) is 0. The zero-order chi connectivity index (χ0) is 11.2. The molecule has 14 heavy (non-hydrogen) atoms. The number of unbranched alkanes of at least 4 members (excludes halogenated alkanes) is 3. The molecule has 0 heterocycles. The highest BCUT2D eigenvalue weighted by Gasteiger charge is 2.34. The fourth-order valence-electron chi connectivity index (χ4n) is 0.972. The molecule has 0 rings (SSSR count). The summed E-state index contributed by atoms with van der Waals surface area (Å²) in [5, 5.41) is 0.383. The molecule has 0 atom stereocenters. The first kappa shape index (κ1) is 13.9. The Morgan fingerprint density at radius 3 is 2.14 bits per heavy atom. The number of rotatable bonds is 5. The van der Waals surface area contributed by atoms with E-state index in [4.69, 9.17) is 4.66 Å². The molecule has 0 fully saturated rings. The van der Waals surface area contributed by atoms with E-state index in [-0.39, 0.29) is 0 Å². The van der Waals surface area contributed by atoms with Crippen molar-refractivity contribution in [1.29, 1.82) is 0 Å². The van der Waals surface area contributed by atoms with E-state index < -0.39 is 8.24 Å². The summed E-state index contributed by atoms with van der Waals surface area (Å²) in [5.74, 6) is 0. The molecule has 0 amide bonds. The summed E-state index contributed by atoms with van der Waals surface area (Å²) >= 11 is 0. The second-order valence-corrected chi connectivity index (χ2v) is 10.5. The Morgan fingerprint density at radius 1 is 1.14 bits per heavy atom. The number of nitrogens with zero attached hydrogens (tertiary/aromatic N) is 1. The van der Waals surface area contributed by atoms with Crippen LogP contribution in [0.25, 0.3) is 0 Å². The largest absolute Gasteiger partial charge is 0.333 e. The molecule has 0 spiro atoms. The van der Waals surface area contributed by atoms with Crippen LogP contribution >= 0.6 is 0 Å². The SMILES string of the molecule is CCCCC/C=N/[Si](C)(C)C(C)(C)C. The van der Waals surface area contributed by atoms with Gasteiger partial charge >= 0.3 is 0 Å². The van der Waals surface area contributed by atoms with Crippen molar-refractivity contribution in [3.8, 4) is 0 Å². The highest BCUT2D eigenvalue weighted by Crippen LogP contribution is 2.36. The molecule has 0 N–H and O–H groups in total. The minimum atomic E-state index is -1.40. The Bertz CT molecular complexity index is 177. The molecule has 0 aromatic heterocycles. The van der Waals surface area contributed by atoms with Gasteiger partial charge in [-0.15, -0.1) is 0 Å². The lowest BCUT2D eigenvalue weighted by atomic mass is 10.2. The van der Waals surface area contributed by atoms with Crippen molar-refractivity contribution in [1.82, 2.24) is 0 Å². The van der Waals surface area contributed by atoms with E-state index in [2.05, 4.69) is 47.0 Å². The van der Waals surface area contributed by atoms with Crippen molar-refractivity contribution >= 4 is 14.5 Å². The Hall–Kier alpha value is -0.113. The molecule has 0 aliphatic heterocycles. The van der Waals surface area contributed by atoms with Gasteiger partial charge in [0, 0.05) is 0 Å². The first-order valence-corrected chi connectivity index (χ1v) is 8.79. The molecule has 84 valence electrons. The van der Waals surface area contributed by atoms with E-state index in [0.717, 1.165) is 0 Å². The van der Waals surface area contributed by atoms with Crippen LogP contribution in [0.15, 0.2) is 4.66 Å². The molecule has 0 aromatic carbocycles. The van der Waals surface area contributed by atoms with Gasteiger partial charge in [0.25, 0.3) is 0 Å². The van der Waals surface area contributed by atoms with Gasteiger partial charge in [-0.25, -0.2) is 0 Å². The molecule has 0 saturated heterocycles. The average Bonchev–Trinajstić information content (AvgIpc) is 2.02. The number of hydrogen-bond donors (Lipinski definition) is 0. The fourth-order valence-corrected chi connectivity index (χ4v) is 1.94. The Kier molecular flexibility index (Phi) is 5.65. The second kappa shape index (κ2) is 5.69. The van der Waals surface area contributed by atoms with Crippen LogP contribution in [0.2, 0.25) is 18.1 Å². The first-order chi connectivity index (χ1) is 6.31. The molecule has 0 aliphatic rings. The predicted molar refractivity (Wildman–Crippen MR) is 69.8 cm³/mol. The minimum absolute atomic E-state index is 0.383. The lowest BCUT2D eigenvalue weighted by Crippen LogP contribution is -2.35. The van der Waals surface area contributed by atoms with Crippen molar-refractivity contribution in [2.75, 3.05) is 0 Å². The molecular formula is C12H27NSi. The fraction of sp³-hybridized carbons (Fsp3) is 0.917. The standard InChI is InChI=1S/C12H27NSi/c1-7-8-9-10-11-13-14(5,6)12(2,3)4/h11H,7-10H2,1-6H3/b13-11+. The van der Waals surface area contributed by atoms with Gasteiger partial charge in [0.1, 0.15) is 0 Å². The molecule has 0 aromatic rings. The van der Waals surface area contributed by atoms with Crippen molar-refractivity contribution in [3.63, 3.8) is 0 Å². The van der Waals surface area contributed by atoms with E-state index >= 15 is 0 Å². The molecular weight excluding hydrogens is 186 g/mol. The Morgan fingerprint density at radius 2 is 1.71 bits per heavy atom. The van der Waals surface area contributed by atoms with Crippen molar-refractivity contribution in [3.05, 3.63) is 0 Å². The van der Waals surface area contributed by atoms with Gasteiger partial charge in [0.05, 0.1) is 0 Å². The van der Waals surface area contributed by atoms with Gasteiger partial charge in [-0.1, -0.05) is 40.5 Å². The van der Waals surface area contributed by atoms with E-state index in [9.17, 15) is 0 Å². The third-order valence-electron chi connectivity index (χ3n) is 3.19. The molecule has 1 nitrogen and oxygen atoms in total.